The standard InChI is InChI=1S/C10H8FNO3/c11-6-1-2-7-5(3-4-15-7)8(6)9(12)10(13)14/h1-4,9H,12H2,(H,13,14). The summed E-state index contributed by atoms with van der Waals surface area (Å²) >= 11 is 0. The van der Waals surface area contributed by atoms with Crippen LogP contribution in [0.3, 0.4) is 0 Å². The van der Waals surface area contributed by atoms with E-state index in [1.54, 1.807) is 0 Å². The van der Waals surface area contributed by atoms with Crippen LogP contribution in [0.1, 0.15) is 11.6 Å². The minimum Gasteiger partial charge on any atom is -0.480 e. The zero-order valence-corrected chi connectivity index (χ0v) is 7.61. The molecule has 0 aliphatic carbocycles. The van der Waals surface area contributed by atoms with Gasteiger partial charge in [-0.05, 0) is 18.2 Å². The number of carboxylic acid groups (broad SMARTS) is 1. The highest BCUT2D eigenvalue weighted by Crippen LogP contribution is 2.26. The predicted molar refractivity (Wildman–Crippen MR) is 50.7 cm³/mol. The van der Waals surface area contributed by atoms with E-state index in [2.05, 4.69) is 0 Å². The van der Waals surface area contributed by atoms with Crippen LogP contribution in [0, 0.1) is 5.82 Å². The van der Waals surface area contributed by atoms with Gasteiger partial charge in [0.1, 0.15) is 17.4 Å². The van der Waals surface area contributed by atoms with Gasteiger partial charge in [0.25, 0.3) is 0 Å². The molecule has 0 aliphatic heterocycles. The number of hydrogen-bond acceptors (Lipinski definition) is 3. The third kappa shape index (κ3) is 1.46. The van der Waals surface area contributed by atoms with E-state index in [1.807, 2.05) is 0 Å². The van der Waals surface area contributed by atoms with Gasteiger partial charge in [-0.1, -0.05) is 0 Å². The number of nitrogens with two attached hydrogens (primary N) is 1. The Balaban J connectivity index is 2.71. The van der Waals surface area contributed by atoms with Gasteiger partial charge in [0.15, 0.2) is 0 Å². The van der Waals surface area contributed by atoms with Crippen LogP contribution in [-0.2, 0) is 4.79 Å². The number of benzene rings is 1. The second-order valence-corrected chi connectivity index (χ2v) is 3.11. The highest BCUT2D eigenvalue weighted by Gasteiger charge is 2.22. The third-order valence-corrected chi connectivity index (χ3v) is 2.20. The molecule has 0 radical (unpaired) electrons. The fraction of sp³-hybridized carbons (Fsp3) is 0.100. The molecular weight excluding hydrogens is 201 g/mol. The molecule has 1 atom stereocenters. The average molecular weight is 209 g/mol. The summed E-state index contributed by atoms with van der Waals surface area (Å²) in [7, 11) is 0. The first-order valence-electron chi connectivity index (χ1n) is 4.25. The summed E-state index contributed by atoms with van der Waals surface area (Å²) in [6, 6.07) is 2.69. The highest BCUT2D eigenvalue weighted by molar-refractivity contribution is 5.87. The molecule has 0 saturated heterocycles. The number of rotatable bonds is 2. The first-order valence-corrected chi connectivity index (χ1v) is 4.25. The lowest BCUT2D eigenvalue weighted by atomic mass is 10.0. The fourth-order valence-corrected chi connectivity index (χ4v) is 1.48. The van der Waals surface area contributed by atoms with Crippen LogP contribution in [0.25, 0.3) is 11.0 Å². The average Bonchev–Trinajstić information content (AvgIpc) is 2.64. The van der Waals surface area contributed by atoms with Crippen LogP contribution in [-0.4, -0.2) is 11.1 Å². The van der Waals surface area contributed by atoms with E-state index in [1.165, 1.54) is 18.4 Å². The maximum Gasteiger partial charge on any atom is 0.325 e. The number of fused-ring (bicyclic) bond motifs is 1. The number of halogens is 1. The first kappa shape index (κ1) is 9.67. The SMILES string of the molecule is NC(C(=O)O)c1c(F)ccc2occc12. The molecule has 4 nitrogen and oxygen atoms in total. The van der Waals surface area contributed by atoms with E-state index in [0.717, 1.165) is 6.07 Å². The molecule has 1 aromatic carbocycles. The van der Waals surface area contributed by atoms with Crippen molar-refractivity contribution in [2.75, 3.05) is 0 Å². The smallest absolute Gasteiger partial charge is 0.325 e. The lowest BCUT2D eigenvalue weighted by Crippen LogP contribution is -2.22. The maximum absolute atomic E-state index is 13.4. The molecule has 2 rings (SSSR count). The Labute approximate surface area is 84.1 Å². The van der Waals surface area contributed by atoms with Crippen LogP contribution in [0.15, 0.2) is 28.9 Å². The van der Waals surface area contributed by atoms with Gasteiger partial charge >= 0.3 is 5.97 Å². The van der Waals surface area contributed by atoms with Crippen LogP contribution >= 0.6 is 0 Å². The molecule has 0 spiro atoms. The molecule has 5 heteroatoms. The van der Waals surface area contributed by atoms with Crippen molar-refractivity contribution >= 4 is 16.9 Å². The minimum absolute atomic E-state index is 0.0475. The lowest BCUT2D eigenvalue weighted by molar-refractivity contribution is -0.138. The van der Waals surface area contributed by atoms with E-state index in [0.29, 0.717) is 11.0 Å². The van der Waals surface area contributed by atoms with Crippen LogP contribution in [0.5, 0.6) is 0 Å². The van der Waals surface area contributed by atoms with Gasteiger partial charge in [0.05, 0.1) is 6.26 Å². The van der Waals surface area contributed by atoms with Crippen LogP contribution < -0.4 is 5.73 Å². The Kier molecular flexibility index (Phi) is 2.17. The van der Waals surface area contributed by atoms with E-state index < -0.39 is 17.8 Å². The highest BCUT2D eigenvalue weighted by atomic mass is 19.1. The molecule has 0 amide bonds. The number of aliphatic carboxylic acids is 1. The molecule has 1 unspecified atom stereocenters. The summed E-state index contributed by atoms with van der Waals surface area (Å²) in [6.07, 6.45) is 1.36. The second kappa shape index (κ2) is 3.36. The Morgan fingerprint density at radius 3 is 2.87 bits per heavy atom. The number of carboxylic acids is 1. The van der Waals surface area contributed by atoms with E-state index in [4.69, 9.17) is 15.3 Å². The van der Waals surface area contributed by atoms with Crippen LogP contribution in [0.2, 0.25) is 0 Å². The predicted octanol–water partition coefficient (Wildman–Crippen LogP) is 1.66. The molecule has 0 bridgehead atoms. The van der Waals surface area contributed by atoms with Crippen molar-refractivity contribution in [3.63, 3.8) is 0 Å². The van der Waals surface area contributed by atoms with Crippen molar-refractivity contribution in [2.24, 2.45) is 5.73 Å². The molecule has 1 heterocycles. The van der Waals surface area contributed by atoms with Gasteiger partial charge in [-0.15, -0.1) is 0 Å². The quantitative estimate of drug-likeness (QED) is 0.788. The molecular formula is C10H8FNO3. The van der Waals surface area contributed by atoms with Crippen molar-refractivity contribution < 1.29 is 18.7 Å². The normalized spacial score (nSPS) is 12.9. The molecule has 0 fully saturated rings. The van der Waals surface area contributed by atoms with Crippen molar-refractivity contribution in [3.05, 3.63) is 35.8 Å². The number of carbonyl (C=O) groups is 1. The zero-order valence-electron chi connectivity index (χ0n) is 7.61. The largest absolute Gasteiger partial charge is 0.480 e. The maximum atomic E-state index is 13.4. The van der Waals surface area contributed by atoms with E-state index in [-0.39, 0.29) is 5.56 Å². The number of hydrogen-bond donors (Lipinski definition) is 2. The van der Waals surface area contributed by atoms with Crippen molar-refractivity contribution in [3.8, 4) is 0 Å². The van der Waals surface area contributed by atoms with Crippen LogP contribution in [0.4, 0.5) is 4.39 Å². The fourth-order valence-electron chi connectivity index (χ4n) is 1.48. The summed E-state index contributed by atoms with van der Waals surface area (Å²) in [6.45, 7) is 0. The zero-order chi connectivity index (χ0) is 11.0. The Hall–Kier alpha value is -1.88. The summed E-state index contributed by atoms with van der Waals surface area (Å²) in [5.74, 6) is -1.92. The monoisotopic (exact) mass is 209 g/mol. The van der Waals surface area contributed by atoms with Gasteiger partial charge in [-0.2, -0.15) is 0 Å². The lowest BCUT2D eigenvalue weighted by Gasteiger charge is -2.08. The van der Waals surface area contributed by atoms with Gasteiger partial charge in [-0.3, -0.25) is 4.79 Å². The number of furan rings is 1. The van der Waals surface area contributed by atoms with Gasteiger partial charge in [-0.25, -0.2) is 4.39 Å². The van der Waals surface area contributed by atoms with Gasteiger partial charge < -0.3 is 15.3 Å². The molecule has 2 aromatic rings. The molecule has 78 valence electrons. The molecule has 15 heavy (non-hydrogen) atoms. The molecule has 3 N–H and O–H groups in total. The Morgan fingerprint density at radius 1 is 1.47 bits per heavy atom. The van der Waals surface area contributed by atoms with Crippen molar-refractivity contribution in [1.82, 2.24) is 0 Å². The topological polar surface area (TPSA) is 76.5 Å². The van der Waals surface area contributed by atoms with E-state index in [9.17, 15) is 9.18 Å². The first-order chi connectivity index (χ1) is 7.11. The third-order valence-electron chi connectivity index (χ3n) is 2.20. The summed E-state index contributed by atoms with van der Waals surface area (Å²) < 4.78 is 18.5. The van der Waals surface area contributed by atoms with Gasteiger partial charge in [0, 0.05) is 10.9 Å². The summed E-state index contributed by atoms with van der Waals surface area (Å²) in [5, 5.41) is 9.13. The van der Waals surface area contributed by atoms with Crippen molar-refractivity contribution in [2.45, 2.75) is 6.04 Å². The molecule has 0 aliphatic rings. The minimum atomic E-state index is -1.38. The summed E-state index contributed by atoms with van der Waals surface area (Å²) in [5.41, 5.74) is 5.75. The molecule has 1 aromatic heterocycles. The Bertz CT molecular complexity index is 520. The molecule has 0 saturated carbocycles. The van der Waals surface area contributed by atoms with Crippen molar-refractivity contribution in [1.29, 1.82) is 0 Å². The summed E-state index contributed by atoms with van der Waals surface area (Å²) in [4.78, 5) is 10.7. The van der Waals surface area contributed by atoms with Gasteiger partial charge in [0.2, 0.25) is 0 Å². The Morgan fingerprint density at radius 2 is 2.20 bits per heavy atom. The van der Waals surface area contributed by atoms with E-state index >= 15 is 0 Å². The second-order valence-electron chi connectivity index (χ2n) is 3.11.